The van der Waals surface area contributed by atoms with E-state index in [0.717, 1.165) is 37.7 Å². The summed E-state index contributed by atoms with van der Waals surface area (Å²) in [7, 11) is 0. The third-order valence-electron chi connectivity index (χ3n) is 6.02. The van der Waals surface area contributed by atoms with Crippen LogP contribution in [0.5, 0.6) is 0 Å². The predicted molar refractivity (Wildman–Crippen MR) is 122 cm³/mol. The fraction of sp³-hybridized carbons (Fsp3) is 0.640. The van der Waals surface area contributed by atoms with Crippen LogP contribution in [0.1, 0.15) is 77.7 Å². The molecule has 31 heavy (non-hydrogen) atoms. The molecule has 1 unspecified atom stereocenters. The highest BCUT2D eigenvalue weighted by molar-refractivity contribution is 5.90. The molecule has 1 aromatic rings. The van der Waals surface area contributed by atoms with Gasteiger partial charge in [-0.05, 0) is 43.1 Å². The Bertz CT molecular complexity index is 721. The zero-order chi connectivity index (χ0) is 22.9. The van der Waals surface area contributed by atoms with E-state index in [0.29, 0.717) is 12.8 Å². The van der Waals surface area contributed by atoms with E-state index in [1.807, 2.05) is 51.1 Å². The lowest BCUT2D eigenvalue weighted by molar-refractivity contribution is -0.142. The molecule has 0 saturated heterocycles. The number of rotatable bonds is 10. The molecule has 2 atom stereocenters. The summed E-state index contributed by atoms with van der Waals surface area (Å²) in [5, 5.41) is 15.3. The minimum Gasteiger partial charge on any atom is -0.481 e. The average Bonchev–Trinajstić information content (AvgIpc) is 2.71. The molecule has 0 aromatic heterocycles. The Kier molecular flexibility index (Phi) is 9.53. The number of carbonyl (C=O) groups is 3. The highest BCUT2D eigenvalue weighted by Gasteiger charge is 2.35. The van der Waals surface area contributed by atoms with Crippen LogP contribution in [0.3, 0.4) is 0 Å². The molecule has 6 nitrogen and oxygen atoms in total. The van der Waals surface area contributed by atoms with Gasteiger partial charge in [0.25, 0.3) is 0 Å². The molecule has 1 aliphatic carbocycles. The van der Waals surface area contributed by atoms with Gasteiger partial charge in [-0.1, -0.05) is 70.4 Å². The van der Waals surface area contributed by atoms with Crippen molar-refractivity contribution in [2.75, 3.05) is 0 Å². The topological polar surface area (TPSA) is 95.5 Å². The number of aryl methyl sites for hydroxylation is 1. The predicted octanol–water partition coefficient (Wildman–Crippen LogP) is 4.08. The summed E-state index contributed by atoms with van der Waals surface area (Å²) in [5.74, 6) is -2.19. The molecule has 1 aromatic carbocycles. The Labute approximate surface area is 186 Å². The van der Waals surface area contributed by atoms with Crippen LogP contribution in [0.2, 0.25) is 0 Å². The molecule has 1 saturated carbocycles. The molecule has 0 spiro atoms. The maximum atomic E-state index is 13.0. The number of aliphatic carboxylic acids is 1. The fourth-order valence-corrected chi connectivity index (χ4v) is 4.20. The van der Waals surface area contributed by atoms with E-state index in [-0.39, 0.29) is 24.3 Å². The van der Waals surface area contributed by atoms with Crippen LogP contribution in [0.4, 0.5) is 0 Å². The molecule has 0 aliphatic heterocycles. The Hall–Kier alpha value is -2.37. The minimum atomic E-state index is -1.00. The van der Waals surface area contributed by atoms with E-state index in [1.54, 1.807) is 0 Å². The number of carboxylic acids is 1. The number of hydrogen-bond acceptors (Lipinski definition) is 3. The van der Waals surface area contributed by atoms with Crippen LogP contribution in [-0.4, -0.2) is 35.0 Å². The average molecular weight is 431 g/mol. The van der Waals surface area contributed by atoms with Gasteiger partial charge in [0.2, 0.25) is 11.8 Å². The lowest BCUT2D eigenvalue weighted by Crippen LogP contribution is -2.56. The summed E-state index contributed by atoms with van der Waals surface area (Å²) in [6.07, 6.45) is 7.09. The first-order valence-corrected chi connectivity index (χ1v) is 11.5. The molecule has 0 radical (unpaired) electrons. The molecule has 2 amide bonds. The monoisotopic (exact) mass is 430 g/mol. The van der Waals surface area contributed by atoms with Gasteiger partial charge in [-0.15, -0.1) is 0 Å². The molecule has 172 valence electrons. The SMILES string of the molecule is CC(C)(C)C(NC(=O)[C@H](CCCc1ccccc1)CC(=O)O)C(=O)NC1CCCCC1. The molecule has 0 bridgehead atoms. The summed E-state index contributed by atoms with van der Waals surface area (Å²) in [6, 6.07) is 9.39. The van der Waals surface area contributed by atoms with Crippen molar-refractivity contribution in [2.45, 2.75) is 90.6 Å². The number of carboxylic acid groups (broad SMARTS) is 1. The van der Waals surface area contributed by atoms with Crippen LogP contribution in [0.25, 0.3) is 0 Å². The third-order valence-corrected chi connectivity index (χ3v) is 6.02. The van der Waals surface area contributed by atoms with Crippen LogP contribution in [0.15, 0.2) is 30.3 Å². The van der Waals surface area contributed by atoms with Gasteiger partial charge in [-0.25, -0.2) is 0 Å². The molecule has 2 rings (SSSR count). The van der Waals surface area contributed by atoms with E-state index in [2.05, 4.69) is 10.6 Å². The van der Waals surface area contributed by atoms with Crippen molar-refractivity contribution in [1.29, 1.82) is 0 Å². The molecule has 3 N–H and O–H groups in total. The zero-order valence-electron chi connectivity index (χ0n) is 19.2. The van der Waals surface area contributed by atoms with E-state index < -0.39 is 23.3 Å². The fourth-order valence-electron chi connectivity index (χ4n) is 4.20. The maximum absolute atomic E-state index is 13.0. The van der Waals surface area contributed by atoms with Gasteiger partial charge in [0.15, 0.2) is 0 Å². The van der Waals surface area contributed by atoms with Crippen LogP contribution < -0.4 is 10.6 Å². The number of carbonyl (C=O) groups excluding carboxylic acids is 2. The Morgan fingerprint density at radius 3 is 2.26 bits per heavy atom. The number of benzene rings is 1. The van der Waals surface area contributed by atoms with Gasteiger partial charge in [-0.2, -0.15) is 0 Å². The standard InChI is InChI=1S/C25H38N2O4/c1-25(2,3)22(24(31)26-20-15-8-5-9-16-20)27-23(30)19(17-21(28)29)14-10-13-18-11-6-4-7-12-18/h4,6-7,11-12,19-20,22H,5,8-10,13-17H2,1-3H3,(H,26,31)(H,27,30)(H,28,29)/t19-,22?/m1/s1. The lowest BCUT2D eigenvalue weighted by atomic mass is 9.84. The molecule has 1 fully saturated rings. The van der Waals surface area contributed by atoms with Gasteiger partial charge < -0.3 is 15.7 Å². The van der Waals surface area contributed by atoms with Crippen LogP contribution in [-0.2, 0) is 20.8 Å². The maximum Gasteiger partial charge on any atom is 0.304 e. The Morgan fingerprint density at radius 1 is 1.03 bits per heavy atom. The lowest BCUT2D eigenvalue weighted by Gasteiger charge is -2.33. The third kappa shape index (κ3) is 8.72. The molecule has 1 aliphatic rings. The second kappa shape index (κ2) is 11.9. The highest BCUT2D eigenvalue weighted by Crippen LogP contribution is 2.23. The van der Waals surface area contributed by atoms with Gasteiger partial charge >= 0.3 is 5.97 Å². The van der Waals surface area contributed by atoms with Crippen molar-refractivity contribution >= 4 is 17.8 Å². The van der Waals surface area contributed by atoms with Crippen molar-refractivity contribution in [3.63, 3.8) is 0 Å². The molecular weight excluding hydrogens is 392 g/mol. The van der Waals surface area contributed by atoms with Crippen molar-refractivity contribution in [1.82, 2.24) is 10.6 Å². The molecule has 0 heterocycles. The van der Waals surface area contributed by atoms with Crippen molar-refractivity contribution in [3.05, 3.63) is 35.9 Å². The quantitative estimate of drug-likeness (QED) is 0.521. The van der Waals surface area contributed by atoms with E-state index in [9.17, 15) is 19.5 Å². The summed E-state index contributed by atoms with van der Waals surface area (Å²) < 4.78 is 0. The van der Waals surface area contributed by atoms with Gasteiger partial charge in [0, 0.05) is 12.0 Å². The first-order valence-electron chi connectivity index (χ1n) is 11.5. The van der Waals surface area contributed by atoms with Crippen molar-refractivity contribution < 1.29 is 19.5 Å². The second-order valence-electron chi connectivity index (χ2n) is 9.82. The zero-order valence-corrected chi connectivity index (χ0v) is 19.2. The van der Waals surface area contributed by atoms with Gasteiger partial charge in [0.05, 0.1) is 6.42 Å². The molecular formula is C25H38N2O4. The minimum absolute atomic E-state index is 0.156. The Balaban J connectivity index is 2.00. The summed E-state index contributed by atoms with van der Waals surface area (Å²) >= 11 is 0. The summed E-state index contributed by atoms with van der Waals surface area (Å²) in [4.78, 5) is 37.4. The highest BCUT2D eigenvalue weighted by atomic mass is 16.4. The van der Waals surface area contributed by atoms with Crippen molar-refractivity contribution in [2.24, 2.45) is 11.3 Å². The van der Waals surface area contributed by atoms with E-state index in [1.165, 1.54) is 6.42 Å². The first kappa shape index (κ1) is 24.9. The van der Waals surface area contributed by atoms with Crippen LogP contribution >= 0.6 is 0 Å². The smallest absolute Gasteiger partial charge is 0.304 e. The van der Waals surface area contributed by atoms with E-state index >= 15 is 0 Å². The van der Waals surface area contributed by atoms with E-state index in [4.69, 9.17) is 0 Å². The largest absolute Gasteiger partial charge is 0.481 e. The number of nitrogens with one attached hydrogen (secondary N) is 2. The first-order chi connectivity index (χ1) is 14.7. The normalized spacial score (nSPS) is 16.9. The number of hydrogen-bond donors (Lipinski definition) is 3. The van der Waals surface area contributed by atoms with Gasteiger partial charge in [0.1, 0.15) is 6.04 Å². The van der Waals surface area contributed by atoms with Crippen molar-refractivity contribution in [3.8, 4) is 0 Å². The summed E-state index contributed by atoms with van der Waals surface area (Å²) in [5.41, 5.74) is 0.683. The van der Waals surface area contributed by atoms with Crippen LogP contribution in [0, 0.1) is 11.3 Å². The molecule has 6 heteroatoms. The number of amides is 2. The second-order valence-corrected chi connectivity index (χ2v) is 9.82. The van der Waals surface area contributed by atoms with Gasteiger partial charge in [-0.3, -0.25) is 14.4 Å². The summed E-state index contributed by atoms with van der Waals surface area (Å²) in [6.45, 7) is 5.75. The Morgan fingerprint density at radius 2 is 1.68 bits per heavy atom.